The fourth-order valence-electron chi connectivity index (χ4n) is 4.05. The third-order valence-corrected chi connectivity index (χ3v) is 8.96. The molecule has 3 rings (SSSR count). The van der Waals surface area contributed by atoms with E-state index in [0.29, 0.717) is 16.7 Å². The minimum absolute atomic E-state index is 0.00698. The lowest BCUT2D eigenvalue weighted by Crippen LogP contribution is -2.57. The Morgan fingerprint density at radius 1 is 0.933 bits per heavy atom. The number of carbonyl (C=O) groups is 6. The van der Waals surface area contributed by atoms with Crippen LogP contribution in [-0.2, 0) is 36.8 Å². The van der Waals surface area contributed by atoms with Crippen molar-refractivity contribution in [3.05, 3.63) is 75.3 Å². The zero-order valence-corrected chi connectivity index (χ0v) is 25.4. The van der Waals surface area contributed by atoms with Crippen LogP contribution in [-0.4, -0.2) is 82.6 Å². The van der Waals surface area contributed by atoms with Crippen molar-refractivity contribution >= 4 is 62.7 Å². The molecular weight excluding hydrogens is 628 g/mol. The van der Waals surface area contributed by atoms with Gasteiger partial charge < -0.3 is 38.5 Å². The van der Waals surface area contributed by atoms with Crippen LogP contribution in [0.25, 0.3) is 0 Å². The Labute approximate surface area is 264 Å². The summed E-state index contributed by atoms with van der Waals surface area (Å²) >= 11 is 0. The molecule has 1 aliphatic rings. The third-order valence-electron chi connectivity index (χ3n) is 6.54. The maximum absolute atomic E-state index is 13.1. The molecule has 2 aromatic carbocycles. The first kappa shape index (κ1) is 34.8. The topological polar surface area (TPSA) is 272 Å². The summed E-state index contributed by atoms with van der Waals surface area (Å²) in [7, 11) is 2.25. The number of benzene rings is 2. The summed E-state index contributed by atoms with van der Waals surface area (Å²) in [6.45, 7) is -0.551. The van der Waals surface area contributed by atoms with Crippen LogP contribution in [0.4, 0.5) is 5.69 Å². The lowest BCUT2D eigenvalue weighted by Gasteiger charge is -2.24. The van der Waals surface area contributed by atoms with Crippen LogP contribution in [0.2, 0.25) is 0 Å². The minimum atomic E-state index is -1.22. The molecule has 45 heavy (non-hydrogen) atoms. The quantitative estimate of drug-likeness (QED) is 0.0901. The maximum Gasteiger partial charge on any atom is 0.269 e. The first-order valence-corrected chi connectivity index (χ1v) is 15.9. The average molecular weight is 661 g/mol. The number of nitro benzene ring substituents is 1. The van der Waals surface area contributed by atoms with Crippen LogP contribution < -0.4 is 38.5 Å². The second-order valence-corrected chi connectivity index (χ2v) is 12.5. The van der Waals surface area contributed by atoms with E-state index < -0.39 is 71.1 Å². The van der Waals surface area contributed by atoms with Crippen molar-refractivity contribution in [2.45, 2.75) is 37.0 Å². The molecule has 0 unspecified atom stereocenters. The van der Waals surface area contributed by atoms with E-state index in [2.05, 4.69) is 21.3 Å². The van der Waals surface area contributed by atoms with Gasteiger partial charge in [-0.05, 0) is 29.7 Å². The Morgan fingerprint density at radius 2 is 1.56 bits per heavy atom. The number of nitro groups is 1. The number of nitrogens with zero attached hydrogens (tertiary/aromatic N) is 1. The summed E-state index contributed by atoms with van der Waals surface area (Å²) in [5.41, 5.74) is 18.1. The fourth-order valence-corrected chi connectivity index (χ4v) is 6.39. The molecular formula is C27H32N8O8S2. The van der Waals surface area contributed by atoms with Gasteiger partial charge in [-0.2, -0.15) is 0 Å². The molecule has 4 atom stereocenters. The molecule has 2 aromatic rings. The van der Waals surface area contributed by atoms with E-state index >= 15 is 0 Å². The van der Waals surface area contributed by atoms with Gasteiger partial charge >= 0.3 is 0 Å². The summed E-state index contributed by atoms with van der Waals surface area (Å²) in [4.78, 5) is 85.5. The minimum Gasteiger partial charge on any atom is -0.368 e. The summed E-state index contributed by atoms with van der Waals surface area (Å²) < 4.78 is 0. The summed E-state index contributed by atoms with van der Waals surface area (Å²) in [6, 6.07) is 7.05. The number of nitrogens with one attached hydrogen (secondary N) is 4. The van der Waals surface area contributed by atoms with Crippen molar-refractivity contribution in [2.24, 2.45) is 17.2 Å². The fraction of sp³-hybridized carbons (Fsp3) is 0.333. The van der Waals surface area contributed by atoms with Crippen LogP contribution in [0.1, 0.15) is 21.5 Å². The molecule has 16 nitrogen and oxygen atoms in total. The lowest BCUT2D eigenvalue weighted by molar-refractivity contribution is -0.384. The largest absolute Gasteiger partial charge is 0.368 e. The summed E-state index contributed by atoms with van der Waals surface area (Å²) in [5.74, 6) is -4.21. The Morgan fingerprint density at radius 3 is 2.16 bits per heavy atom. The maximum atomic E-state index is 13.1. The molecule has 1 saturated heterocycles. The van der Waals surface area contributed by atoms with Crippen molar-refractivity contribution in [3.63, 3.8) is 0 Å². The molecule has 0 spiro atoms. The second kappa shape index (κ2) is 16.4. The van der Waals surface area contributed by atoms with Gasteiger partial charge in [-0.3, -0.25) is 38.9 Å². The molecule has 240 valence electrons. The van der Waals surface area contributed by atoms with E-state index in [1.165, 1.54) is 36.4 Å². The van der Waals surface area contributed by atoms with Crippen LogP contribution in [0.15, 0.2) is 48.5 Å². The van der Waals surface area contributed by atoms with Crippen LogP contribution in [0.5, 0.6) is 0 Å². The Balaban J connectivity index is 1.71. The van der Waals surface area contributed by atoms with Crippen molar-refractivity contribution in [1.82, 2.24) is 21.3 Å². The molecule has 0 radical (unpaired) electrons. The average Bonchev–Trinajstić information content (AvgIpc) is 3.00. The standard InChI is InChI=1S/C27H32N8O8S2/c28-18(9-14-1-5-16(6-2-14)23(29)37)25(39)34-21-13-45-44-12-20(24(30)38)33-27(41)19(32-22(36)11-31-26(21)40)10-15-3-7-17(8-4-15)35(42)43/h1-8,18-21H,9-13,28H2,(H2,29,37)(H2,30,38)(H,31,40)(H,32,36)(H,33,41)(H,34,39)/t18-,19-,20+,21+/m0/s1. The number of nitrogens with two attached hydrogens (primary N) is 3. The zero-order valence-electron chi connectivity index (χ0n) is 23.7. The first-order chi connectivity index (χ1) is 21.3. The zero-order chi connectivity index (χ0) is 33.1. The Bertz CT molecular complexity index is 1440. The Hall–Kier alpha value is -4.68. The molecule has 1 fully saturated rings. The SMILES string of the molecule is NC(=O)c1ccc(C[C@H](N)C(=O)N[C@@H]2CSSC[C@H](C(N)=O)NC(=O)[C@H](Cc3ccc([N+](=O)[O-])cc3)NC(=O)CNC2=O)cc1. The van der Waals surface area contributed by atoms with Crippen LogP contribution in [0.3, 0.4) is 0 Å². The van der Waals surface area contributed by atoms with E-state index in [4.69, 9.17) is 17.2 Å². The van der Waals surface area contributed by atoms with Gasteiger partial charge in [0.15, 0.2) is 0 Å². The highest BCUT2D eigenvalue weighted by molar-refractivity contribution is 8.76. The second-order valence-electron chi connectivity index (χ2n) is 9.93. The van der Waals surface area contributed by atoms with Gasteiger partial charge in [0.25, 0.3) is 5.69 Å². The van der Waals surface area contributed by atoms with E-state index in [-0.39, 0.29) is 30.0 Å². The Kier molecular flexibility index (Phi) is 12.7. The molecule has 1 heterocycles. The van der Waals surface area contributed by atoms with Crippen LogP contribution >= 0.6 is 21.6 Å². The highest BCUT2D eigenvalue weighted by Crippen LogP contribution is 2.23. The number of primary amides is 2. The van der Waals surface area contributed by atoms with Gasteiger partial charge in [0.2, 0.25) is 35.4 Å². The molecule has 6 amide bonds. The monoisotopic (exact) mass is 660 g/mol. The molecule has 18 heteroatoms. The summed E-state index contributed by atoms with van der Waals surface area (Å²) in [6.07, 6.45) is 0.0123. The van der Waals surface area contributed by atoms with Crippen LogP contribution in [0, 0.1) is 10.1 Å². The van der Waals surface area contributed by atoms with E-state index in [0.717, 1.165) is 21.6 Å². The van der Waals surface area contributed by atoms with Gasteiger partial charge in [0, 0.05) is 35.6 Å². The van der Waals surface area contributed by atoms with E-state index in [9.17, 15) is 38.9 Å². The number of hydrogen-bond acceptors (Lipinski definition) is 11. The first-order valence-electron chi connectivity index (χ1n) is 13.4. The van der Waals surface area contributed by atoms with E-state index in [1.807, 2.05) is 0 Å². The number of rotatable bonds is 9. The smallest absolute Gasteiger partial charge is 0.269 e. The van der Waals surface area contributed by atoms with Gasteiger partial charge in [0.1, 0.15) is 18.1 Å². The highest BCUT2D eigenvalue weighted by Gasteiger charge is 2.29. The van der Waals surface area contributed by atoms with Crippen molar-refractivity contribution in [3.8, 4) is 0 Å². The van der Waals surface area contributed by atoms with Gasteiger partial charge in [-0.15, -0.1) is 0 Å². The summed E-state index contributed by atoms with van der Waals surface area (Å²) in [5, 5.41) is 21.0. The van der Waals surface area contributed by atoms with Crippen molar-refractivity contribution < 1.29 is 33.7 Å². The highest BCUT2D eigenvalue weighted by atomic mass is 33.1. The van der Waals surface area contributed by atoms with Gasteiger partial charge in [0.05, 0.1) is 17.5 Å². The normalized spacial score (nSPS) is 20.4. The third kappa shape index (κ3) is 10.8. The predicted molar refractivity (Wildman–Crippen MR) is 166 cm³/mol. The van der Waals surface area contributed by atoms with Crippen molar-refractivity contribution in [2.75, 3.05) is 18.1 Å². The molecule has 10 N–H and O–H groups in total. The van der Waals surface area contributed by atoms with Gasteiger partial charge in [-0.1, -0.05) is 45.9 Å². The number of non-ortho nitro benzene ring substituents is 1. The van der Waals surface area contributed by atoms with E-state index in [1.54, 1.807) is 12.1 Å². The molecule has 0 saturated carbocycles. The number of amides is 6. The molecule has 0 aromatic heterocycles. The predicted octanol–water partition coefficient (Wildman–Crippen LogP) is -1.74. The van der Waals surface area contributed by atoms with Gasteiger partial charge in [-0.25, -0.2) is 0 Å². The van der Waals surface area contributed by atoms with Crippen molar-refractivity contribution in [1.29, 1.82) is 0 Å². The molecule has 0 bridgehead atoms. The molecule has 0 aliphatic carbocycles. The molecule has 1 aliphatic heterocycles. The number of hydrogen-bond donors (Lipinski definition) is 7. The lowest BCUT2D eigenvalue weighted by atomic mass is 10.0. The number of carbonyl (C=O) groups excluding carboxylic acids is 6.